The van der Waals surface area contributed by atoms with Gasteiger partial charge in [-0.3, -0.25) is 0 Å². The van der Waals surface area contributed by atoms with Crippen LogP contribution in [0.1, 0.15) is 0 Å². The Balaban J connectivity index is -0.0000000184. The summed E-state index contributed by atoms with van der Waals surface area (Å²) in [4.78, 5) is 0. The van der Waals surface area contributed by atoms with Crippen molar-refractivity contribution in [3.05, 3.63) is 0 Å². The quantitative estimate of drug-likeness (QED) is 0.219. The summed E-state index contributed by atoms with van der Waals surface area (Å²) >= 11 is -12.2. The van der Waals surface area contributed by atoms with E-state index in [2.05, 4.69) is 0 Å². The van der Waals surface area contributed by atoms with Crippen molar-refractivity contribution in [2.75, 3.05) is 0 Å². The minimum absolute atomic E-state index is 0. The molecule has 0 amide bonds. The molecule has 0 N–H and O–H groups in total. The predicted octanol–water partition coefficient (Wildman–Crippen LogP) is -8.64. The molecule has 0 spiro atoms. The molecule has 0 heterocycles. The van der Waals surface area contributed by atoms with Gasteiger partial charge in [-0.25, -0.2) is 0 Å². The van der Waals surface area contributed by atoms with Crippen LogP contribution in [0.5, 0.6) is 0 Å². The zero-order valence-electron chi connectivity index (χ0n) is 7.09. The second-order valence-corrected chi connectivity index (χ2v) is 3.09. The van der Waals surface area contributed by atoms with Gasteiger partial charge in [0.05, 0.1) is 0 Å². The molecule has 74 valence electrons. The van der Waals surface area contributed by atoms with Crippen LogP contribution in [0.4, 0.5) is 0 Å². The fourth-order valence-corrected chi connectivity index (χ4v) is 0. The molecule has 0 aliphatic carbocycles. The Bertz CT molecular complexity index is 123. The Morgan fingerprint density at radius 1 is 0.600 bits per heavy atom. The van der Waals surface area contributed by atoms with E-state index >= 15 is 0 Å². The van der Waals surface area contributed by atoms with Gasteiger partial charge in [-0.05, 0) is 0 Å². The van der Waals surface area contributed by atoms with Crippen LogP contribution in [0.2, 0.25) is 0 Å². The van der Waals surface area contributed by atoms with Crippen LogP contribution in [0.3, 0.4) is 0 Å². The Labute approximate surface area is 203 Å². The average molecular weight is 720 g/mol. The zero-order chi connectivity index (χ0) is 10.7. The molecule has 0 rings (SSSR count). The van der Waals surface area contributed by atoms with Gasteiger partial charge >= 0.3 is 210 Å². The van der Waals surface area contributed by atoms with Gasteiger partial charge in [-0.1, -0.05) is 0 Å². The first-order valence-electron chi connectivity index (χ1n) is 1.84. The third-order valence-corrected chi connectivity index (χ3v) is 0. The van der Waals surface area contributed by atoms with Crippen LogP contribution in [0.25, 0.3) is 0 Å². The standard InChI is InChI=1S/Ba.9O.Pb.Sr.3Ti/q+2;;;;6*-1;2*+2;;;. The first-order chi connectivity index (χ1) is 5.20. The molecule has 0 aromatic carbocycles. The van der Waals surface area contributed by atoms with Crippen LogP contribution in [0, 0.1) is 0 Å². The second-order valence-electron chi connectivity index (χ2n) is 0.750. The Kier molecular flexibility index (Phi) is 77.9. The fraction of sp³-hybridized carbons (Fsp3) is 0. The molecule has 0 aliphatic rings. The molecule has 0 aliphatic heterocycles. The summed E-state index contributed by atoms with van der Waals surface area (Å²) in [6.45, 7) is 0. The van der Waals surface area contributed by atoms with Crippen molar-refractivity contribution in [1.29, 1.82) is 0 Å². The van der Waals surface area contributed by atoms with Crippen molar-refractivity contribution in [1.82, 2.24) is 0 Å². The SMILES string of the molecule is [Ba+2].[O]=[Ti]([O-])[O-].[O]=[Ti]([O-])[O-].[O]=[Ti]([O-])[O-].[Pb+2].[Sr+2]. The largest absolute Gasteiger partial charge is 2.00 e. The Morgan fingerprint density at radius 2 is 0.600 bits per heavy atom. The predicted molar refractivity (Wildman–Crippen MR) is 19.3 cm³/mol. The van der Waals surface area contributed by atoms with Gasteiger partial charge in [0, 0.05) is 0 Å². The van der Waals surface area contributed by atoms with Gasteiger partial charge in [-0.15, -0.1) is 0 Å². The van der Waals surface area contributed by atoms with E-state index in [9.17, 15) is 0 Å². The first kappa shape index (κ1) is 37.0. The summed E-state index contributed by atoms with van der Waals surface area (Å²) in [7, 11) is 0. The van der Waals surface area contributed by atoms with E-state index in [1.54, 1.807) is 0 Å². The number of rotatable bonds is 0. The van der Waals surface area contributed by atoms with Crippen molar-refractivity contribution in [3.63, 3.8) is 0 Å². The van der Waals surface area contributed by atoms with E-state index in [1.807, 2.05) is 0 Å². The number of hydrogen-bond donors (Lipinski definition) is 0. The van der Waals surface area contributed by atoms with E-state index in [0.717, 1.165) is 0 Å². The molecule has 2 radical (unpaired) electrons. The molecule has 0 aromatic rings. The van der Waals surface area contributed by atoms with Crippen LogP contribution in [-0.2, 0) is 65.8 Å². The maximum atomic E-state index is 8.58. The summed E-state index contributed by atoms with van der Waals surface area (Å²) < 4.78 is 77.2. The molecule has 0 saturated carbocycles. The van der Waals surface area contributed by atoms with Crippen LogP contribution in [0.15, 0.2) is 0 Å². The van der Waals surface area contributed by atoms with Gasteiger partial charge in [-0.2, -0.15) is 0 Å². The van der Waals surface area contributed by atoms with Crippen LogP contribution < -0.4 is 22.1 Å². The van der Waals surface area contributed by atoms with Crippen molar-refractivity contribution >= 4 is 122 Å². The fourth-order valence-electron chi connectivity index (χ4n) is 0. The topological polar surface area (TPSA) is 190 Å². The van der Waals surface area contributed by atoms with Crippen LogP contribution in [-0.4, -0.2) is 122 Å². The molecular formula is BaO9PbSrTi3. The summed E-state index contributed by atoms with van der Waals surface area (Å²) in [6.07, 6.45) is 0. The van der Waals surface area contributed by atoms with Gasteiger partial charge < -0.3 is 0 Å². The van der Waals surface area contributed by atoms with Gasteiger partial charge in [0.15, 0.2) is 0 Å². The third kappa shape index (κ3) is 207. The third-order valence-electron chi connectivity index (χ3n) is 0. The minimum Gasteiger partial charge on any atom is 2.00 e. The van der Waals surface area contributed by atoms with E-state index < -0.39 is 55.8 Å². The van der Waals surface area contributed by atoms with Gasteiger partial charge in [0.1, 0.15) is 0 Å². The molecule has 15 heavy (non-hydrogen) atoms. The summed E-state index contributed by atoms with van der Waals surface area (Å²) in [5, 5.41) is 0. The molecule has 0 fully saturated rings. The van der Waals surface area contributed by atoms with Gasteiger partial charge in [0.25, 0.3) is 0 Å². The van der Waals surface area contributed by atoms with Gasteiger partial charge in [0.2, 0.25) is 0 Å². The maximum absolute atomic E-state index is 8.58. The van der Waals surface area contributed by atoms with E-state index in [4.69, 9.17) is 32.1 Å². The normalized spacial score (nSPS) is 5.20. The molecule has 9 nitrogen and oxygen atoms in total. The summed E-state index contributed by atoms with van der Waals surface area (Å²) in [5.41, 5.74) is 0. The number of hydrogen-bond acceptors (Lipinski definition) is 9. The molecule has 0 aromatic heterocycles. The minimum atomic E-state index is -4.08. The summed E-state index contributed by atoms with van der Waals surface area (Å²) in [6, 6.07) is 0. The van der Waals surface area contributed by atoms with Crippen LogP contribution >= 0.6 is 0 Å². The van der Waals surface area contributed by atoms with Crippen molar-refractivity contribution in [3.8, 4) is 0 Å². The second kappa shape index (κ2) is 31.6. The monoisotopic (exact) mass is 722 g/mol. The average Bonchev–Trinajstić information content (AvgIpc) is 1.54. The smallest absolute Gasteiger partial charge is 2.00 e. The Morgan fingerprint density at radius 3 is 0.600 bits per heavy atom. The molecule has 0 saturated heterocycles. The molecule has 0 atom stereocenters. The molecular weight excluding hydrogens is 720 g/mol. The zero-order valence-corrected chi connectivity index (χ0v) is 23.6. The van der Waals surface area contributed by atoms with Crippen molar-refractivity contribution in [2.45, 2.75) is 0 Å². The maximum Gasteiger partial charge on any atom is 2.00 e. The van der Waals surface area contributed by atoms with E-state index in [0.29, 0.717) is 0 Å². The molecule has 0 unspecified atom stereocenters. The van der Waals surface area contributed by atoms with E-state index in [-0.39, 0.29) is 122 Å². The Hall–Kier alpha value is 5.28. The van der Waals surface area contributed by atoms with Crippen molar-refractivity contribution < 1.29 is 88.0 Å². The summed E-state index contributed by atoms with van der Waals surface area (Å²) in [5.74, 6) is 0. The van der Waals surface area contributed by atoms with Crippen molar-refractivity contribution in [2.24, 2.45) is 0 Å². The molecule has 15 heteroatoms. The van der Waals surface area contributed by atoms with E-state index in [1.165, 1.54) is 0 Å². The first-order valence-corrected chi connectivity index (χ1v) is 7.57. The molecule has 0 bridgehead atoms.